The van der Waals surface area contributed by atoms with E-state index in [-0.39, 0.29) is 5.92 Å². The molecule has 0 amide bonds. The zero-order valence-electron chi connectivity index (χ0n) is 8.97. The van der Waals surface area contributed by atoms with E-state index in [9.17, 15) is 8.42 Å². The summed E-state index contributed by atoms with van der Waals surface area (Å²) >= 11 is 0. The zero-order valence-corrected chi connectivity index (χ0v) is 9.78. The molecule has 1 aliphatic rings. The minimum Gasteiger partial charge on any atom is -0.342 e. The molecule has 0 saturated heterocycles. The highest BCUT2D eigenvalue weighted by Gasteiger charge is 2.26. The van der Waals surface area contributed by atoms with Crippen molar-refractivity contribution < 1.29 is 12.6 Å². The van der Waals surface area contributed by atoms with Gasteiger partial charge in [-0.3, -0.25) is 4.18 Å². The Balaban J connectivity index is 2.39. The first kappa shape index (κ1) is 11.1. The van der Waals surface area contributed by atoms with E-state index in [1.54, 1.807) is 0 Å². The van der Waals surface area contributed by atoms with Crippen LogP contribution in [-0.4, -0.2) is 21.4 Å². The van der Waals surface area contributed by atoms with Crippen molar-refractivity contribution in [2.24, 2.45) is 4.40 Å². The number of fused-ring (bicyclic) bond motifs is 1. The third-order valence-electron chi connectivity index (χ3n) is 2.52. The van der Waals surface area contributed by atoms with Crippen LogP contribution < -0.4 is 5.32 Å². The van der Waals surface area contributed by atoms with Crippen LogP contribution in [0.4, 0.5) is 5.69 Å². The molecule has 16 heavy (non-hydrogen) atoms. The number of benzene rings is 1. The largest absolute Gasteiger partial charge is 0.382 e. The molecule has 0 bridgehead atoms. The third kappa shape index (κ3) is 1.94. The highest BCUT2D eigenvalue weighted by atomic mass is 32.2. The van der Waals surface area contributed by atoms with Gasteiger partial charge in [-0.15, -0.1) is 4.40 Å². The lowest BCUT2D eigenvalue weighted by molar-refractivity contribution is 0.399. The number of nitrogens with zero attached hydrogens (tertiary/aromatic N) is 1. The monoisotopic (exact) mass is 240 g/mol. The molecule has 2 rings (SSSR count). The number of anilines is 1. The summed E-state index contributed by atoms with van der Waals surface area (Å²) in [7, 11) is -2.74. The highest BCUT2D eigenvalue weighted by molar-refractivity contribution is 7.85. The van der Waals surface area contributed by atoms with Crippen LogP contribution in [0.25, 0.3) is 0 Å². The van der Waals surface area contributed by atoms with Crippen LogP contribution in [0.15, 0.2) is 28.7 Å². The van der Waals surface area contributed by atoms with Gasteiger partial charge >= 0.3 is 10.3 Å². The highest BCUT2D eigenvalue weighted by Crippen LogP contribution is 2.32. The van der Waals surface area contributed by atoms with Crippen LogP contribution in [0, 0.1) is 0 Å². The second-order valence-electron chi connectivity index (χ2n) is 3.50. The van der Waals surface area contributed by atoms with Crippen molar-refractivity contribution in [2.75, 3.05) is 12.4 Å². The van der Waals surface area contributed by atoms with Crippen LogP contribution in [-0.2, 0) is 14.5 Å². The molecule has 0 spiro atoms. The van der Waals surface area contributed by atoms with Crippen LogP contribution in [0.1, 0.15) is 18.4 Å². The van der Waals surface area contributed by atoms with Gasteiger partial charge in [0.05, 0.1) is 7.11 Å². The van der Waals surface area contributed by atoms with Crippen molar-refractivity contribution in [3.05, 3.63) is 29.8 Å². The first-order chi connectivity index (χ1) is 7.53. The Morgan fingerprint density at radius 1 is 1.38 bits per heavy atom. The molecule has 0 saturated carbocycles. The normalized spacial score (nSPS) is 21.9. The fourth-order valence-corrected chi connectivity index (χ4v) is 2.16. The van der Waals surface area contributed by atoms with Gasteiger partial charge in [0.25, 0.3) is 0 Å². The summed E-state index contributed by atoms with van der Waals surface area (Å²) in [6, 6.07) is 7.61. The predicted octanol–water partition coefficient (Wildman–Crippen LogP) is 1.51. The summed E-state index contributed by atoms with van der Waals surface area (Å²) in [5.41, 5.74) is 1.92. The van der Waals surface area contributed by atoms with Crippen molar-refractivity contribution in [1.82, 2.24) is 0 Å². The van der Waals surface area contributed by atoms with Crippen LogP contribution in [0.5, 0.6) is 0 Å². The van der Waals surface area contributed by atoms with E-state index in [1.165, 1.54) is 0 Å². The summed E-state index contributed by atoms with van der Waals surface area (Å²) in [5, 5.41) is 2.97. The van der Waals surface area contributed by atoms with Crippen molar-refractivity contribution in [1.29, 1.82) is 0 Å². The molecule has 86 valence electrons. The van der Waals surface area contributed by atoms with E-state index in [4.69, 9.17) is 0 Å². The molecule has 1 unspecified atom stereocenters. The van der Waals surface area contributed by atoms with Crippen molar-refractivity contribution in [2.45, 2.75) is 12.8 Å². The summed E-state index contributed by atoms with van der Waals surface area (Å²) in [5.74, 6) is 0.323. The Morgan fingerprint density at radius 3 is 2.69 bits per heavy atom. The Kier molecular flexibility index (Phi) is 2.69. The molecule has 1 N–H and O–H groups in total. The molecular formula is C10H12N2O3S. The molecule has 0 aliphatic carbocycles. The summed E-state index contributed by atoms with van der Waals surface area (Å²) in [6.07, 6.45) is 0. The van der Waals surface area contributed by atoms with Gasteiger partial charge < -0.3 is 5.32 Å². The Labute approximate surface area is 94.4 Å². The fourth-order valence-electron chi connectivity index (χ4n) is 1.64. The van der Waals surface area contributed by atoms with E-state index in [0.717, 1.165) is 18.4 Å². The predicted molar refractivity (Wildman–Crippen MR) is 61.8 cm³/mol. The Morgan fingerprint density at radius 2 is 2.06 bits per heavy atom. The van der Waals surface area contributed by atoms with Crippen molar-refractivity contribution in [3.63, 3.8) is 0 Å². The standard InChI is InChI=1S/C10H12N2O3S/c1-7-8-5-3-4-6-9(8)11-10(7)12-16(13,14)15-2/h3-7H,1-2H3,(H,11,12). The van der Waals surface area contributed by atoms with E-state index >= 15 is 0 Å². The minimum absolute atomic E-state index is 0.0684. The number of rotatable bonds is 2. The number of hydrogen-bond acceptors (Lipinski definition) is 3. The maximum Gasteiger partial charge on any atom is 0.382 e. The van der Waals surface area contributed by atoms with E-state index in [0.29, 0.717) is 5.84 Å². The SMILES string of the molecule is COS(=O)(=O)/N=C1/Nc2ccccc2C1C. The molecule has 1 atom stereocenters. The molecule has 1 aromatic rings. The quantitative estimate of drug-likeness (QED) is 0.850. The average Bonchev–Trinajstić information content (AvgIpc) is 2.56. The molecule has 5 nitrogen and oxygen atoms in total. The summed E-state index contributed by atoms with van der Waals surface area (Å²) < 4.78 is 30.3. The maximum absolute atomic E-state index is 11.2. The number of nitrogens with one attached hydrogen (secondary N) is 1. The first-order valence-corrected chi connectivity index (χ1v) is 6.16. The second-order valence-corrected chi connectivity index (χ2v) is 4.88. The second kappa shape index (κ2) is 3.88. The van der Waals surface area contributed by atoms with Crippen LogP contribution in [0.2, 0.25) is 0 Å². The van der Waals surface area contributed by atoms with Gasteiger partial charge in [0.1, 0.15) is 5.84 Å². The van der Waals surface area contributed by atoms with E-state index in [2.05, 4.69) is 13.9 Å². The lowest BCUT2D eigenvalue weighted by Crippen LogP contribution is -2.14. The zero-order chi connectivity index (χ0) is 11.8. The number of amidine groups is 1. The fraction of sp³-hybridized carbons (Fsp3) is 0.300. The van der Waals surface area contributed by atoms with E-state index in [1.807, 2.05) is 31.2 Å². The average molecular weight is 240 g/mol. The molecule has 6 heteroatoms. The smallest absolute Gasteiger partial charge is 0.342 e. The topological polar surface area (TPSA) is 67.8 Å². The van der Waals surface area contributed by atoms with Gasteiger partial charge in [-0.1, -0.05) is 25.1 Å². The molecule has 1 aliphatic heterocycles. The molecule has 0 fully saturated rings. The lowest BCUT2D eigenvalue weighted by atomic mass is 10.0. The summed E-state index contributed by atoms with van der Waals surface area (Å²) in [4.78, 5) is 0. The Hall–Kier alpha value is -1.40. The van der Waals surface area contributed by atoms with Crippen LogP contribution in [0.3, 0.4) is 0 Å². The molecule has 0 radical (unpaired) electrons. The Bertz CT molecular complexity index is 537. The van der Waals surface area contributed by atoms with Gasteiger partial charge in [0, 0.05) is 11.6 Å². The number of para-hydroxylation sites is 1. The maximum atomic E-state index is 11.2. The number of hydrogen-bond donors (Lipinski definition) is 1. The molecular weight excluding hydrogens is 228 g/mol. The molecule has 1 aromatic carbocycles. The van der Waals surface area contributed by atoms with Gasteiger partial charge in [0.2, 0.25) is 0 Å². The molecule has 1 heterocycles. The lowest BCUT2D eigenvalue weighted by Gasteiger charge is -2.03. The van der Waals surface area contributed by atoms with Gasteiger partial charge in [-0.25, -0.2) is 0 Å². The van der Waals surface area contributed by atoms with Gasteiger partial charge in [-0.05, 0) is 11.6 Å². The summed E-state index contributed by atoms with van der Waals surface area (Å²) in [6.45, 7) is 1.89. The van der Waals surface area contributed by atoms with Crippen molar-refractivity contribution >= 4 is 21.8 Å². The third-order valence-corrected chi connectivity index (χ3v) is 3.36. The van der Waals surface area contributed by atoms with Crippen molar-refractivity contribution in [3.8, 4) is 0 Å². The van der Waals surface area contributed by atoms with Crippen LogP contribution >= 0.6 is 0 Å². The van der Waals surface area contributed by atoms with E-state index < -0.39 is 10.3 Å². The molecule has 0 aromatic heterocycles. The minimum atomic E-state index is -3.83. The van der Waals surface area contributed by atoms with Gasteiger partial charge in [-0.2, -0.15) is 8.42 Å². The first-order valence-electron chi connectivity index (χ1n) is 4.80. The van der Waals surface area contributed by atoms with Gasteiger partial charge in [0.15, 0.2) is 0 Å².